The van der Waals surface area contributed by atoms with Gasteiger partial charge in [0, 0.05) is 5.56 Å². The highest BCUT2D eigenvalue weighted by atomic mass is 35.5. The molecule has 0 radical (unpaired) electrons. The summed E-state index contributed by atoms with van der Waals surface area (Å²) >= 11 is 11.5. The molecule has 0 saturated heterocycles. The van der Waals surface area contributed by atoms with Gasteiger partial charge in [0.2, 0.25) is 0 Å². The summed E-state index contributed by atoms with van der Waals surface area (Å²) in [6.45, 7) is 0. The van der Waals surface area contributed by atoms with E-state index in [1.807, 2.05) is 0 Å². The van der Waals surface area contributed by atoms with Gasteiger partial charge >= 0.3 is 6.18 Å². The summed E-state index contributed by atoms with van der Waals surface area (Å²) in [7, 11) is 1.13. The normalized spacial score (nSPS) is 12.4. The molecule has 0 N–H and O–H groups in total. The van der Waals surface area contributed by atoms with Crippen LogP contribution < -0.4 is 0 Å². The molecule has 2 nitrogen and oxygen atoms in total. The zero-order valence-corrected chi connectivity index (χ0v) is 10.5. The lowest BCUT2D eigenvalue weighted by Gasteiger charge is -2.11. The van der Waals surface area contributed by atoms with Crippen molar-refractivity contribution in [3.8, 4) is 0 Å². The highest BCUT2D eigenvalue weighted by Gasteiger charge is 2.41. The molecule has 0 fully saturated rings. The molecule has 0 heterocycles. The van der Waals surface area contributed by atoms with E-state index in [-0.39, 0.29) is 15.6 Å². The minimum Gasteiger partial charge on any atom is -0.504 e. The SMILES string of the molecule is COC=C(C(=O)C(F)(F)F)c1cccc(Cl)c1Cl. The average Bonchev–Trinajstić information content (AvgIpc) is 2.28. The van der Waals surface area contributed by atoms with Crippen LogP contribution >= 0.6 is 23.2 Å². The van der Waals surface area contributed by atoms with Crippen LogP contribution in [0.5, 0.6) is 0 Å². The van der Waals surface area contributed by atoms with Crippen molar-refractivity contribution in [3.05, 3.63) is 40.1 Å². The Morgan fingerprint density at radius 3 is 2.44 bits per heavy atom. The Balaban J connectivity index is 3.35. The van der Waals surface area contributed by atoms with Gasteiger partial charge in [0.1, 0.15) is 0 Å². The fraction of sp³-hybridized carbons (Fsp3) is 0.182. The molecule has 1 rings (SSSR count). The molecule has 0 unspecified atom stereocenters. The number of hydrogen-bond donors (Lipinski definition) is 0. The minimum absolute atomic E-state index is 0.0474. The number of methoxy groups -OCH3 is 1. The van der Waals surface area contributed by atoms with Crippen molar-refractivity contribution in [2.24, 2.45) is 0 Å². The van der Waals surface area contributed by atoms with Gasteiger partial charge in [-0.1, -0.05) is 35.3 Å². The molecule has 18 heavy (non-hydrogen) atoms. The average molecular weight is 299 g/mol. The summed E-state index contributed by atoms with van der Waals surface area (Å²) in [5.41, 5.74) is -0.828. The Hall–Kier alpha value is -1.20. The van der Waals surface area contributed by atoms with Crippen LogP contribution in [0.2, 0.25) is 10.0 Å². The predicted octanol–water partition coefficient (Wildman–Crippen LogP) is 4.11. The fourth-order valence-corrected chi connectivity index (χ4v) is 1.62. The number of hydrogen-bond acceptors (Lipinski definition) is 2. The first-order valence-corrected chi connectivity index (χ1v) is 5.33. The largest absolute Gasteiger partial charge is 0.504 e. The molecule has 1 aromatic rings. The van der Waals surface area contributed by atoms with Gasteiger partial charge in [0.15, 0.2) is 0 Å². The Morgan fingerprint density at radius 1 is 1.33 bits per heavy atom. The third-order valence-corrected chi connectivity index (χ3v) is 2.80. The molecule has 7 heteroatoms. The van der Waals surface area contributed by atoms with Gasteiger partial charge in [0.05, 0.1) is 29.0 Å². The molecule has 0 aliphatic heterocycles. The first-order chi connectivity index (χ1) is 8.29. The molecule has 0 atom stereocenters. The number of benzene rings is 1. The maximum Gasteiger partial charge on any atom is 0.455 e. The smallest absolute Gasteiger partial charge is 0.455 e. The highest BCUT2D eigenvalue weighted by molar-refractivity contribution is 6.44. The number of Topliss-reactive ketones (excluding diaryl/α,β-unsaturated/α-hetero) is 1. The van der Waals surface area contributed by atoms with Gasteiger partial charge in [-0.15, -0.1) is 0 Å². The molecular weight excluding hydrogens is 292 g/mol. The lowest BCUT2D eigenvalue weighted by atomic mass is 10.0. The van der Waals surface area contributed by atoms with Crippen LogP contribution in [0.15, 0.2) is 24.5 Å². The maximum atomic E-state index is 12.4. The Morgan fingerprint density at radius 2 is 1.94 bits per heavy atom. The molecular formula is C11H7Cl2F3O2. The second-order valence-corrected chi connectivity index (χ2v) is 3.98. The number of allylic oxidation sites excluding steroid dienone is 1. The van der Waals surface area contributed by atoms with Gasteiger partial charge in [-0.3, -0.25) is 4.79 Å². The highest BCUT2D eigenvalue weighted by Crippen LogP contribution is 2.34. The molecule has 0 aliphatic carbocycles. The standard InChI is InChI=1S/C11H7Cl2F3O2/c1-18-5-7(10(17)11(14,15)16)6-3-2-4-8(12)9(6)13/h2-5H,1H3. The van der Waals surface area contributed by atoms with Crippen molar-refractivity contribution < 1.29 is 22.7 Å². The van der Waals surface area contributed by atoms with Crippen molar-refractivity contribution in [3.63, 3.8) is 0 Å². The van der Waals surface area contributed by atoms with E-state index in [0.717, 1.165) is 7.11 Å². The first kappa shape index (κ1) is 14.9. The zero-order valence-electron chi connectivity index (χ0n) is 9.02. The summed E-state index contributed by atoms with van der Waals surface area (Å²) in [4.78, 5) is 11.2. The molecule has 0 aliphatic rings. The Bertz CT molecular complexity index is 496. The fourth-order valence-electron chi connectivity index (χ4n) is 1.22. The van der Waals surface area contributed by atoms with E-state index < -0.39 is 17.5 Å². The third kappa shape index (κ3) is 3.17. The van der Waals surface area contributed by atoms with E-state index in [1.54, 1.807) is 0 Å². The summed E-state index contributed by atoms with van der Waals surface area (Å²) in [5.74, 6) is -2.05. The van der Waals surface area contributed by atoms with E-state index in [1.165, 1.54) is 18.2 Å². The van der Waals surface area contributed by atoms with Gasteiger partial charge in [0.25, 0.3) is 5.78 Å². The second kappa shape index (κ2) is 5.63. The topological polar surface area (TPSA) is 26.3 Å². The molecule has 0 saturated carbocycles. The van der Waals surface area contributed by atoms with Crippen molar-refractivity contribution in [2.75, 3.05) is 7.11 Å². The zero-order chi connectivity index (χ0) is 13.9. The predicted molar refractivity (Wildman–Crippen MR) is 62.5 cm³/mol. The number of alkyl halides is 3. The van der Waals surface area contributed by atoms with E-state index in [4.69, 9.17) is 23.2 Å². The lowest BCUT2D eigenvalue weighted by molar-refractivity contribution is -0.164. The van der Waals surface area contributed by atoms with E-state index in [9.17, 15) is 18.0 Å². The van der Waals surface area contributed by atoms with Crippen LogP contribution in [-0.4, -0.2) is 19.1 Å². The van der Waals surface area contributed by atoms with Crippen LogP contribution in [0, 0.1) is 0 Å². The van der Waals surface area contributed by atoms with Crippen LogP contribution in [0.3, 0.4) is 0 Å². The van der Waals surface area contributed by atoms with Crippen LogP contribution in [0.1, 0.15) is 5.56 Å². The van der Waals surface area contributed by atoms with Gasteiger partial charge < -0.3 is 4.74 Å². The summed E-state index contributed by atoms with van der Waals surface area (Å²) in [5, 5.41) is -0.0915. The number of ether oxygens (including phenoxy) is 1. The van der Waals surface area contributed by atoms with Gasteiger partial charge in [-0.2, -0.15) is 13.2 Å². The van der Waals surface area contributed by atoms with Crippen molar-refractivity contribution in [2.45, 2.75) is 6.18 Å². The van der Waals surface area contributed by atoms with E-state index >= 15 is 0 Å². The van der Waals surface area contributed by atoms with E-state index in [0.29, 0.717) is 6.26 Å². The number of ketones is 1. The first-order valence-electron chi connectivity index (χ1n) is 4.58. The molecule has 0 aromatic heterocycles. The van der Waals surface area contributed by atoms with Crippen molar-refractivity contribution in [1.29, 1.82) is 0 Å². The summed E-state index contributed by atoms with van der Waals surface area (Å²) < 4.78 is 41.7. The quantitative estimate of drug-likeness (QED) is 0.620. The van der Waals surface area contributed by atoms with Gasteiger partial charge in [-0.05, 0) is 6.07 Å². The number of rotatable bonds is 3. The Labute approximate surface area is 111 Å². The third-order valence-electron chi connectivity index (χ3n) is 1.98. The maximum absolute atomic E-state index is 12.4. The molecule has 0 spiro atoms. The van der Waals surface area contributed by atoms with E-state index in [2.05, 4.69) is 4.74 Å². The lowest BCUT2D eigenvalue weighted by Crippen LogP contribution is -2.24. The van der Waals surface area contributed by atoms with Crippen LogP contribution in [0.25, 0.3) is 5.57 Å². The molecule has 98 valence electrons. The van der Waals surface area contributed by atoms with Crippen molar-refractivity contribution >= 4 is 34.6 Å². The molecule has 0 amide bonds. The van der Waals surface area contributed by atoms with Crippen LogP contribution in [0.4, 0.5) is 13.2 Å². The monoisotopic (exact) mass is 298 g/mol. The van der Waals surface area contributed by atoms with Crippen LogP contribution in [-0.2, 0) is 9.53 Å². The molecule has 0 bridgehead atoms. The summed E-state index contributed by atoms with van der Waals surface area (Å²) in [6.07, 6.45) is -4.33. The Kier molecular flexibility index (Phi) is 4.65. The summed E-state index contributed by atoms with van der Waals surface area (Å²) in [6, 6.07) is 4.04. The number of carbonyl (C=O) groups excluding carboxylic acids is 1. The number of carbonyl (C=O) groups is 1. The second-order valence-electron chi connectivity index (χ2n) is 3.20. The van der Waals surface area contributed by atoms with Crippen molar-refractivity contribution in [1.82, 2.24) is 0 Å². The minimum atomic E-state index is -5.02. The number of halogens is 5. The van der Waals surface area contributed by atoms with Gasteiger partial charge in [-0.25, -0.2) is 0 Å². The molecule has 1 aromatic carbocycles.